The van der Waals surface area contributed by atoms with Gasteiger partial charge in [0.2, 0.25) is 0 Å². The molecular formula is C10H14F2N2O. The van der Waals surface area contributed by atoms with E-state index in [2.05, 4.69) is 4.98 Å². The topological polar surface area (TPSA) is 36.4 Å². The maximum atomic E-state index is 12.1. The van der Waals surface area contributed by atoms with Crippen LogP contribution < -0.4 is 4.90 Å². The Morgan fingerprint density at radius 3 is 2.73 bits per heavy atom. The maximum absolute atomic E-state index is 12.1. The molecule has 0 bridgehead atoms. The fraction of sp³-hybridized carbons (Fsp3) is 0.500. The smallest absolute Gasteiger partial charge is 0.255 e. The molecule has 0 aliphatic carbocycles. The van der Waals surface area contributed by atoms with Gasteiger partial charge in [-0.1, -0.05) is 0 Å². The van der Waals surface area contributed by atoms with Crippen molar-refractivity contribution in [2.75, 3.05) is 18.5 Å². The van der Waals surface area contributed by atoms with E-state index in [1.54, 1.807) is 26.1 Å². The van der Waals surface area contributed by atoms with Crippen molar-refractivity contribution in [3.8, 4) is 0 Å². The van der Waals surface area contributed by atoms with Gasteiger partial charge in [-0.3, -0.25) is 0 Å². The third-order valence-electron chi connectivity index (χ3n) is 2.05. The van der Waals surface area contributed by atoms with Crippen LogP contribution in [0.4, 0.5) is 14.6 Å². The first-order valence-electron chi connectivity index (χ1n) is 4.64. The minimum absolute atomic E-state index is 0.365. The highest BCUT2D eigenvalue weighted by molar-refractivity contribution is 5.40. The summed E-state index contributed by atoms with van der Waals surface area (Å²) < 4.78 is 24.2. The van der Waals surface area contributed by atoms with Crippen molar-refractivity contribution in [2.24, 2.45) is 0 Å². The maximum Gasteiger partial charge on any atom is 0.255 e. The Morgan fingerprint density at radius 2 is 2.20 bits per heavy atom. The Labute approximate surface area is 87.4 Å². The predicted octanol–water partition coefficient (Wildman–Crippen LogP) is 1.84. The van der Waals surface area contributed by atoms with Crippen LogP contribution in [0.1, 0.15) is 18.6 Å². The predicted molar refractivity (Wildman–Crippen MR) is 54.1 cm³/mol. The van der Waals surface area contributed by atoms with Crippen LogP contribution in [0.3, 0.4) is 0 Å². The minimum Gasteiger partial charge on any atom is -0.389 e. The second-order valence-corrected chi connectivity index (χ2v) is 3.39. The number of nitrogens with zero attached hydrogens (tertiary/aromatic N) is 2. The highest BCUT2D eigenvalue weighted by atomic mass is 19.3. The lowest BCUT2D eigenvalue weighted by Gasteiger charge is -2.18. The molecular weight excluding hydrogens is 202 g/mol. The second kappa shape index (κ2) is 5.02. The average Bonchev–Trinajstić information content (AvgIpc) is 2.17. The molecule has 1 aromatic rings. The summed E-state index contributed by atoms with van der Waals surface area (Å²) >= 11 is 0. The van der Waals surface area contributed by atoms with E-state index in [0.717, 1.165) is 0 Å². The average molecular weight is 216 g/mol. The lowest BCUT2D eigenvalue weighted by molar-refractivity contribution is 0.156. The molecule has 15 heavy (non-hydrogen) atoms. The lowest BCUT2D eigenvalue weighted by atomic mass is 10.2. The normalized spacial score (nSPS) is 12.9. The molecule has 0 saturated carbocycles. The standard InChI is InChI=1S/C10H14F2N2O/c1-7(15)8-3-4-13-10(5-8)14(2)6-9(11)12/h3-5,7,9,15H,6H2,1-2H3/t7-/m0/s1. The fourth-order valence-corrected chi connectivity index (χ4v) is 1.20. The van der Waals surface area contributed by atoms with Crippen LogP contribution in [-0.4, -0.2) is 30.1 Å². The van der Waals surface area contributed by atoms with Crippen molar-refractivity contribution in [3.05, 3.63) is 23.9 Å². The number of hydrogen-bond acceptors (Lipinski definition) is 3. The molecule has 0 spiro atoms. The van der Waals surface area contributed by atoms with Crippen LogP contribution in [0.25, 0.3) is 0 Å². The summed E-state index contributed by atoms with van der Waals surface area (Å²) in [4.78, 5) is 5.31. The van der Waals surface area contributed by atoms with Crippen molar-refractivity contribution in [1.29, 1.82) is 0 Å². The molecule has 1 atom stereocenters. The van der Waals surface area contributed by atoms with Gasteiger partial charge in [-0.05, 0) is 24.6 Å². The molecule has 0 aliphatic heterocycles. The largest absolute Gasteiger partial charge is 0.389 e. The summed E-state index contributed by atoms with van der Waals surface area (Å²) in [6.45, 7) is 1.25. The monoisotopic (exact) mass is 216 g/mol. The first kappa shape index (κ1) is 11.8. The van der Waals surface area contributed by atoms with Gasteiger partial charge in [-0.15, -0.1) is 0 Å². The number of aliphatic hydroxyl groups is 1. The molecule has 0 unspecified atom stereocenters. The van der Waals surface area contributed by atoms with Crippen LogP contribution in [0.5, 0.6) is 0 Å². The van der Waals surface area contributed by atoms with Crippen molar-refractivity contribution in [3.63, 3.8) is 0 Å². The zero-order valence-corrected chi connectivity index (χ0v) is 8.69. The van der Waals surface area contributed by atoms with E-state index in [4.69, 9.17) is 0 Å². The van der Waals surface area contributed by atoms with Gasteiger partial charge < -0.3 is 10.0 Å². The van der Waals surface area contributed by atoms with E-state index in [0.29, 0.717) is 11.4 Å². The zero-order chi connectivity index (χ0) is 11.4. The quantitative estimate of drug-likeness (QED) is 0.834. The minimum atomic E-state index is -2.40. The molecule has 3 nitrogen and oxygen atoms in total. The number of hydrogen-bond donors (Lipinski definition) is 1. The Bertz CT molecular complexity index is 318. The summed E-state index contributed by atoms with van der Waals surface area (Å²) in [5, 5.41) is 9.32. The summed E-state index contributed by atoms with van der Waals surface area (Å²) in [6.07, 6.45) is -1.52. The van der Waals surface area contributed by atoms with Gasteiger partial charge in [0, 0.05) is 13.2 Å². The first-order chi connectivity index (χ1) is 7.00. The first-order valence-corrected chi connectivity index (χ1v) is 4.64. The van der Waals surface area contributed by atoms with Crippen molar-refractivity contribution in [2.45, 2.75) is 19.5 Å². The zero-order valence-electron chi connectivity index (χ0n) is 8.69. The SMILES string of the molecule is C[C@H](O)c1ccnc(N(C)CC(F)F)c1. The van der Waals surface area contributed by atoms with Crippen molar-refractivity contribution >= 4 is 5.82 Å². The van der Waals surface area contributed by atoms with Crippen LogP contribution in [-0.2, 0) is 0 Å². The molecule has 1 aromatic heterocycles. The molecule has 1 N–H and O–H groups in total. The van der Waals surface area contributed by atoms with Gasteiger partial charge in [0.1, 0.15) is 5.82 Å². The number of aliphatic hydroxyl groups excluding tert-OH is 1. The molecule has 0 saturated heterocycles. The van der Waals surface area contributed by atoms with Gasteiger partial charge in [0.25, 0.3) is 6.43 Å². The third-order valence-corrected chi connectivity index (χ3v) is 2.05. The Hall–Kier alpha value is -1.23. The van der Waals surface area contributed by atoms with Crippen molar-refractivity contribution in [1.82, 2.24) is 4.98 Å². The molecule has 1 rings (SSSR count). The van der Waals surface area contributed by atoms with E-state index in [9.17, 15) is 13.9 Å². The van der Waals surface area contributed by atoms with Gasteiger partial charge in [-0.2, -0.15) is 0 Å². The van der Waals surface area contributed by atoms with Crippen LogP contribution in [0.15, 0.2) is 18.3 Å². The molecule has 0 aromatic carbocycles. The summed E-state index contributed by atoms with van der Waals surface area (Å²) in [5.74, 6) is 0.439. The molecule has 84 valence electrons. The van der Waals surface area contributed by atoms with Crippen LogP contribution in [0.2, 0.25) is 0 Å². The van der Waals surface area contributed by atoms with E-state index in [1.807, 2.05) is 0 Å². The number of aromatic nitrogens is 1. The van der Waals surface area contributed by atoms with E-state index < -0.39 is 12.5 Å². The molecule has 0 fully saturated rings. The van der Waals surface area contributed by atoms with E-state index >= 15 is 0 Å². The number of halogens is 2. The third kappa shape index (κ3) is 3.43. The Balaban J connectivity index is 2.80. The fourth-order valence-electron chi connectivity index (χ4n) is 1.20. The van der Waals surface area contributed by atoms with Gasteiger partial charge in [0.05, 0.1) is 12.6 Å². The number of anilines is 1. The highest BCUT2D eigenvalue weighted by Gasteiger charge is 2.10. The Kier molecular flexibility index (Phi) is 3.96. The second-order valence-electron chi connectivity index (χ2n) is 3.39. The highest BCUT2D eigenvalue weighted by Crippen LogP contribution is 2.17. The molecule has 0 radical (unpaired) electrons. The molecule has 1 heterocycles. The van der Waals surface area contributed by atoms with Crippen LogP contribution in [0, 0.1) is 0 Å². The Morgan fingerprint density at radius 1 is 1.53 bits per heavy atom. The van der Waals surface area contributed by atoms with Crippen LogP contribution >= 0.6 is 0 Å². The number of pyridine rings is 1. The lowest BCUT2D eigenvalue weighted by Crippen LogP contribution is -2.24. The molecule has 5 heteroatoms. The molecule has 0 amide bonds. The van der Waals surface area contributed by atoms with Gasteiger partial charge in [0.15, 0.2) is 0 Å². The number of rotatable bonds is 4. The van der Waals surface area contributed by atoms with E-state index in [-0.39, 0.29) is 6.54 Å². The van der Waals surface area contributed by atoms with Gasteiger partial charge in [-0.25, -0.2) is 13.8 Å². The summed E-state index contributed by atoms with van der Waals surface area (Å²) in [7, 11) is 1.54. The van der Waals surface area contributed by atoms with Gasteiger partial charge >= 0.3 is 0 Å². The summed E-state index contributed by atoms with van der Waals surface area (Å²) in [6, 6.07) is 3.26. The number of alkyl halides is 2. The van der Waals surface area contributed by atoms with E-state index in [1.165, 1.54) is 11.1 Å². The molecule has 0 aliphatic rings. The summed E-state index contributed by atoms with van der Waals surface area (Å²) in [5.41, 5.74) is 0.668. The van der Waals surface area contributed by atoms with Crippen molar-refractivity contribution < 1.29 is 13.9 Å².